The molecule has 0 aromatic carbocycles. The number of likely N-dealkylation sites (tertiary alicyclic amines) is 1. The van der Waals surface area contributed by atoms with Gasteiger partial charge in [-0.1, -0.05) is 13.8 Å². The number of rotatable bonds is 5. The van der Waals surface area contributed by atoms with Crippen LogP contribution >= 0.6 is 0 Å². The van der Waals surface area contributed by atoms with Crippen molar-refractivity contribution in [3.05, 3.63) is 0 Å². The van der Waals surface area contributed by atoms with Gasteiger partial charge >= 0.3 is 12.0 Å². The van der Waals surface area contributed by atoms with Crippen LogP contribution in [0.3, 0.4) is 0 Å². The highest BCUT2D eigenvalue weighted by Gasteiger charge is 2.25. The Hall–Kier alpha value is -1.30. The Morgan fingerprint density at radius 2 is 2.05 bits per heavy atom. The number of nitrogens with zero attached hydrogens (tertiary/aromatic N) is 1. The second-order valence-electron chi connectivity index (χ2n) is 6.15. The number of hydrogen-bond acceptors (Lipinski definition) is 3. The standard InChI is InChI=1S/C14H26N2O4/c1-14(2)5-4-7-16(8-6-14)13(19)15-10-11(20-3)9-12(17)18/h11H,4-10H2,1-3H3,(H,15,19)(H,17,18). The third-order valence-electron chi connectivity index (χ3n) is 3.84. The van der Waals surface area contributed by atoms with Crippen molar-refractivity contribution in [3.8, 4) is 0 Å². The summed E-state index contributed by atoms with van der Waals surface area (Å²) in [5.41, 5.74) is 0.285. The monoisotopic (exact) mass is 286 g/mol. The Morgan fingerprint density at radius 1 is 1.35 bits per heavy atom. The topological polar surface area (TPSA) is 78.9 Å². The van der Waals surface area contributed by atoms with Crippen LogP contribution < -0.4 is 5.32 Å². The van der Waals surface area contributed by atoms with Gasteiger partial charge in [0.1, 0.15) is 0 Å². The van der Waals surface area contributed by atoms with Crippen molar-refractivity contribution in [3.63, 3.8) is 0 Å². The van der Waals surface area contributed by atoms with E-state index in [0.717, 1.165) is 32.4 Å². The van der Waals surface area contributed by atoms with Gasteiger partial charge in [0.15, 0.2) is 0 Å². The molecule has 1 fully saturated rings. The number of aliphatic carboxylic acids is 1. The molecule has 0 radical (unpaired) electrons. The molecule has 0 bridgehead atoms. The Kier molecular flexibility index (Phi) is 6.26. The lowest BCUT2D eigenvalue weighted by molar-refractivity contribution is -0.139. The quantitative estimate of drug-likeness (QED) is 0.806. The van der Waals surface area contributed by atoms with E-state index in [4.69, 9.17) is 9.84 Å². The molecule has 116 valence electrons. The summed E-state index contributed by atoms with van der Waals surface area (Å²) in [5, 5.41) is 11.5. The fraction of sp³-hybridized carbons (Fsp3) is 0.857. The Morgan fingerprint density at radius 3 is 2.65 bits per heavy atom. The third kappa shape index (κ3) is 5.77. The zero-order valence-electron chi connectivity index (χ0n) is 12.6. The van der Waals surface area contributed by atoms with E-state index in [0.29, 0.717) is 0 Å². The van der Waals surface area contributed by atoms with Gasteiger partial charge in [-0.2, -0.15) is 0 Å². The number of carboxylic acids is 1. The average molecular weight is 286 g/mol. The normalized spacial score (nSPS) is 20.1. The molecule has 0 aromatic heterocycles. The molecule has 1 saturated heterocycles. The van der Waals surface area contributed by atoms with E-state index in [-0.39, 0.29) is 24.4 Å². The van der Waals surface area contributed by atoms with Crippen LogP contribution in [-0.2, 0) is 9.53 Å². The number of carbonyl (C=O) groups excluding carboxylic acids is 1. The van der Waals surface area contributed by atoms with Crippen molar-refractivity contribution >= 4 is 12.0 Å². The molecule has 0 saturated carbocycles. The first-order valence-electron chi connectivity index (χ1n) is 7.11. The predicted molar refractivity (Wildman–Crippen MR) is 75.7 cm³/mol. The summed E-state index contributed by atoms with van der Waals surface area (Å²) >= 11 is 0. The number of ether oxygens (including phenoxy) is 1. The van der Waals surface area contributed by atoms with Crippen LogP contribution in [0.25, 0.3) is 0 Å². The lowest BCUT2D eigenvalue weighted by Crippen LogP contribution is -2.44. The first-order valence-corrected chi connectivity index (χ1v) is 7.11. The van der Waals surface area contributed by atoms with Gasteiger partial charge in [0, 0.05) is 26.7 Å². The summed E-state index contributed by atoms with van der Waals surface area (Å²) in [6.45, 7) is 6.17. The van der Waals surface area contributed by atoms with Crippen molar-refractivity contribution in [2.45, 2.75) is 45.6 Å². The van der Waals surface area contributed by atoms with Crippen LogP contribution in [0.15, 0.2) is 0 Å². The van der Waals surface area contributed by atoms with Gasteiger partial charge in [-0.15, -0.1) is 0 Å². The molecule has 6 nitrogen and oxygen atoms in total. The summed E-state index contributed by atoms with van der Waals surface area (Å²) in [4.78, 5) is 24.5. The minimum atomic E-state index is -0.928. The van der Waals surface area contributed by atoms with E-state index in [9.17, 15) is 9.59 Å². The minimum Gasteiger partial charge on any atom is -0.481 e. The molecule has 1 unspecified atom stereocenters. The van der Waals surface area contributed by atoms with Crippen molar-refractivity contribution in [2.75, 3.05) is 26.7 Å². The molecule has 1 aliphatic rings. The minimum absolute atomic E-state index is 0.107. The number of carboxylic acid groups (broad SMARTS) is 1. The molecule has 0 spiro atoms. The summed E-state index contributed by atoms with van der Waals surface area (Å²) in [7, 11) is 1.45. The first-order chi connectivity index (χ1) is 9.34. The van der Waals surface area contributed by atoms with Crippen LogP contribution in [0.1, 0.15) is 39.5 Å². The lowest BCUT2D eigenvalue weighted by atomic mass is 9.85. The molecule has 0 aliphatic carbocycles. The van der Waals surface area contributed by atoms with E-state index in [1.54, 1.807) is 0 Å². The van der Waals surface area contributed by atoms with E-state index < -0.39 is 12.1 Å². The molecule has 1 rings (SSSR count). The van der Waals surface area contributed by atoms with Gasteiger partial charge in [-0.05, 0) is 24.7 Å². The number of nitrogens with one attached hydrogen (secondary N) is 1. The molecule has 1 aliphatic heterocycles. The second kappa shape index (κ2) is 7.47. The zero-order valence-corrected chi connectivity index (χ0v) is 12.6. The van der Waals surface area contributed by atoms with Gasteiger partial charge in [-0.3, -0.25) is 4.79 Å². The maximum atomic E-state index is 12.1. The maximum absolute atomic E-state index is 12.1. The van der Waals surface area contributed by atoms with Crippen LogP contribution in [0.5, 0.6) is 0 Å². The summed E-state index contributed by atoms with van der Waals surface area (Å²) in [6.07, 6.45) is 2.52. The van der Waals surface area contributed by atoms with Gasteiger partial charge in [0.2, 0.25) is 0 Å². The van der Waals surface area contributed by atoms with E-state index in [1.165, 1.54) is 7.11 Å². The predicted octanol–water partition coefficient (Wildman–Crippen LogP) is 1.70. The number of amides is 2. The highest BCUT2D eigenvalue weighted by atomic mass is 16.5. The van der Waals surface area contributed by atoms with Crippen LogP contribution in [0, 0.1) is 5.41 Å². The van der Waals surface area contributed by atoms with E-state index in [2.05, 4.69) is 19.2 Å². The van der Waals surface area contributed by atoms with E-state index >= 15 is 0 Å². The Balaban J connectivity index is 2.40. The molecule has 0 aromatic rings. The fourth-order valence-electron chi connectivity index (χ4n) is 2.37. The summed E-state index contributed by atoms with van der Waals surface area (Å²) < 4.78 is 5.04. The molecule has 2 amide bonds. The lowest BCUT2D eigenvalue weighted by Gasteiger charge is -2.24. The van der Waals surface area contributed by atoms with Gasteiger partial charge in [-0.25, -0.2) is 4.79 Å². The highest BCUT2D eigenvalue weighted by Crippen LogP contribution is 2.29. The highest BCUT2D eigenvalue weighted by molar-refractivity contribution is 5.74. The first kappa shape index (κ1) is 16.8. The molecular formula is C14H26N2O4. The smallest absolute Gasteiger partial charge is 0.317 e. The SMILES string of the molecule is COC(CNC(=O)N1CCCC(C)(C)CC1)CC(=O)O. The van der Waals surface area contributed by atoms with Gasteiger partial charge in [0.05, 0.1) is 12.5 Å². The van der Waals surface area contributed by atoms with Crippen molar-refractivity contribution in [1.82, 2.24) is 10.2 Å². The fourth-order valence-corrected chi connectivity index (χ4v) is 2.37. The molecule has 20 heavy (non-hydrogen) atoms. The van der Waals surface area contributed by atoms with Crippen molar-refractivity contribution in [2.24, 2.45) is 5.41 Å². The third-order valence-corrected chi connectivity index (χ3v) is 3.84. The Bertz CT molecular complexity index is 344. The Labute approximate surface area is 120 Å². The van der Waals surface area contributed by atoms with Crippen LogP contribution in [-0.4, -0.2) is 54.9 Å². The van der Waals surface area contributed by atoms with Gasteiger partial charge in [0.25, 0.3) is 0 Å². The van der Waals surface area contributed by atoms with Crippen LogP contribution in [0.4, 0.5) is 4.79 Å². The second-order valence-corrected chi connectivity index (χ2v) is 6.15. The number of carbonyl (C=O) groups is 2. The molecule has 6 heteroatoms. The molecular weight excluding hydrogens is 260 g/mol. The molecule has 1 heterocycles. The number of hydrogen-bond donors (Lipinski definition) is 2. The van der Waals surface area contributed by atoms with Crippen LogP contribution in [0.2, 0.25) is 0 Å². The summed E-state index contributed by atoms with van der Waals surface area (Å²) in [6, 6.07) is -0.130. The maximum Gasteiger partial charge on any atom is 0.317 e. The van der Waals surface area contributed by atoms with E-state index in [1.807, 2.05) is 4.90 Å². The molecule has 1 atom stereocenters. The number of urea groups is 1. The number of methoxy groups -OCH3 is 1. The van der Waals surface area contributed by atoms with Crippen molar-refractivity contribution < 1.29 is 19.4 Å². The largest absolute Gasteiger partial charge is 0.481 e. The van der Waals surface area contributed by atoms with Crippen molar-refractivity contribution in [1.29, 1.82) is 0 Å². The zero-order chi connectivity index (χ0) is 15.2. The molecule has 2 N–H and O–H groups in total. The average Bonchev–Trinajstić information content (AvgIpc) is 2.54. The van der Waals surface area contributed by atoms with Gasteiger partial charge < -0.3 is 20.1 Å². The summed E-state index contributed by atoms with van der Waals surface area (Å²) in [5.74, 6) is -0.928.